The molecule has 0 aliphatic heterocycles. The van der Waals surface area contributed by atoms with Crippen molar-refractivity contribution >= 4 is 11.3 Å². The predicted octanol–water partition coefficient (Wildman–Crippen LogP) is 3.66. The van der Waals surface area contributed by atoms with Gasteiger partial charge >= 0.3 is 0 Å². The molecule has 1 unspecified atom stereocenters. The van der Waals surface area contributed by atoms with Crippen LogP contribution in [0.15, 0.2) is 29.8 Å². The van der Waals surface area contributed by atoms with Gasteiger partial charge in [0.05, 0.1) is 11.4 Å². The number of nitrogens with one attached hydrogen (secondary N) is 1. The molecule has 2 aromatic heterocycles. The molecule has 0 bridgehead atoms. The van der Waals surface area contributed by atoms with E-state index >= 15 is 0 Å². The van der Waals surface area contributed by atoms with Gasteiger partial charge in [-0.3, -0.25) is 4.98 Å². The van der Waals surface area contributed by atoms with E-state index in [4.69, 9.17) is 0 Å². The van der Waals surface area contributed by atoms with Gasteiger partial charge in [-0.1, -0.05) is 32.8 Å². The van der Waals surface area contributed by atoms with E-state index in [0.717, 1.165) is 35.4 Å². The van der Waals surface area contributed by atoms with Crippen LogP contribution in [0.5, 0.6) is 0 Å². The van der Waals surface area contributed by atoms with E-state index in [-0.39, 0.29) is 0 Å². The Morgan fingerprint density at radius 1 is 1.22 bits per heavy atom. The number of hydrogen-bond acceptors (Lipinski definition) is 5. The number of aromatic nitrogens is 2. The first kappa shape index (κ1) is 18.0. The fourth-order valence-electron chi connectivity index (χ4n) is 2.95. The molecule has 4 nitrogen and oxygen atoms in total. The van der Waals surface area contributed by atoms with Gasteiger partial charge in [-0.25, -0.2) is 4.98 Å². The molecule has 2 aromatic rings. The summed E-state index contributed by atoms with van der Waals surface area (Å²) in [7, 11) is 4.35. The van der Waals surface area contributed by atoms with Crippen molar-refractivity contribution in [1.29, 1.82) is 0 Å². The summed E-state index contributed by atoms with van der Waals surface area (Å²) in [4.78, 5) is 11.4. The van der Waals surface area contributed by atoms with Crippen molar-refractivity contribution in [2.75, 3.05) is 20.6 Å². The van der Waals surface area contributed by atoms with Crippen LogP contribution in [0.4, 0.5) is 0 Å². The molecule has 0 aliphatic rings. The predicted molar refractivity (Wildman–Crippen MR) is 98.6 cm³/mol. The first-order valence-corrected chi connectivity index (χ1v) is 9.26. The molecule has 0 fully saturated rings. The standard InChI is InChI=1S/C18H28N4S/c1-5-14(6-2)17(22(3)4)12-19-11-15-13-23-18(21-15)16-9-7-8-10-20-16/h7-10,13-14,17,19H,5-6,11-12H2,1-4H3. The molecule has 0 saturated heterocycles. The maximum atomic E-state index is 4.69. The smallest absolute Gasteiger partial charge is 0.142 e. The highest BCUT2D eigenvalue weighted by atomic mass is 32.1. The lowest BCUT2D eigenvalue weighted by molar-refractivity contribution is 0.194. The molecule has 0 radical (unpaired) electrons. The molecule has 0 aliphatic carbocycles. The van der Waals surface area contributed by atoms with E-state index in [9.17, 15) is 0 Å². The number of thiazole rings is 1. The Balaban J connectivity index is 1.90. The van der Waals surface area contributed by atoms with Crippen LogP contribution in [0.25, 0.3) is 10.7 Å². The van der Waals surface area contributed by atoms with E-state index in [1.165, 1.54) is 12.8 Å². The molecule has 0 saturated carbocycles. The molecule has 0 spiro atoms. The van der Waals surface area contributed by atoms with Crippen LogP contribution in [0.1, 0.15) is 32.4 Å². The Morgan fingerprint density at radius 3 is 2.61 bits per heavy atom. The summed E-state index contributed by atoms with van der Waals surface area (Å²) in [6.07, 6.45) is 4.26. The van der Waals surface area contributed by atoms with Crippen LogP contribution in [0.3, 0.4) is 0 Å². The lowest BCUT2D eigenvalue weighted by atomic mass is 9.93. The van der Waals surface area contributed by atoms with Gasteiger partial charge in [-0.15, -0.1) is 11.3 Å². The third-order valence-electron chi connectivity index (χ3n) is 4.35. The van der Waals surface area contributed by atoms with E-state index in [0.29, 0.717) is 6.04 Å². The molecule has 23 heavy (non-hydrogen) atoms. The van der Waals surface area contributed by atoms with Gasteiger partial charge in [0.2, 0.25) is 0 Å². The molecular formula is C18H28N4S. The molecule has 5 heteroatoms. The number of rotatable bonds is 9. The van der Waals surface area contributed by atoms with Crippen molar-refractivity contribution in [3.63, 3.8) is 0 Å². The highest BCUT2D eigenvalue weighted by Crippen LogP contribution is 2.21. The highest BCUT2D eigenvalue weighted by Gasteiger charge is 2.20. The zero-order valence-corrected chi connectivity index (χ0v) is 15.4. The average Bonchev–Trinajstić information content (AvgIpc) is 3.04. The van der Waals surface area contributed by atoms with Gasteiger partial charge < -0.3 is 10.2 Å². The van der Waals surface area contributed by atoms with Crippen molar-refractivity contribution in [3.8, 4) is 10.7 Å². The molecule has 0 aromatic carbocycles. The van der Waals surface area contributed by atoms with Crippen LogP contribution in [0.2, 0.25) is 0 Å². The second-order valence-electron chi connectivity index (χ2n) is 6.10. The van der Waals surface area contributed by atoms with Gasteiger partial charge in [-0.05, 0) is 32.1 Å². The van der Waals surface area contributed by atoms with Gasteiger partial charge in [0, 0.05) is 30.7 Å². The zero-order chi connectivity index (χ0) is 16.7. The van der Waals surface area contributed by atoms with Crippen molar-refractivity contribution in [2.45, 2.75) is 39.3 Å². The SMILES string of the molecule is CCC(CC)C(CNCc1csc(-c2ccccn2)n1)N(C)C. The van der Waals surface area contributed by atoms with Gasteiger partial charge in [0.25, 0.3) is 0 Å². The Morgan fingerprint density at radius 2 is 2.00 bits per heavy atom. The number of pyridine rings is 1. The van der Waals surface area contributed by atoms with Crippen molar-refractivity contribution < 1.29 is 0 Å². The zero-order valence-electron chi connectivity index (χ0n) is 14.6. The van der Waals surface area contributed by atoms with E-state index < -0.39 is 0 Å². The molecule has 0 amide bonds. The molecule has 2 rings (SSSR count). The maximum Gasteiger partial charge on any atom is 0.142 e. The second-order valence-corrected chi connectivity index (χ2v) is 6.96. The minimum Gasteiger partial charge on any atom is -0.310 e. The Bertz CT molecular complexity index is 563. The maximum absolute atomic E-state index is 4.69. The number of nitrogens with zero attached hydrogens (tertiary/aromatic N) is 3. The van der Waals surface area contributed by atoms with Crippen molar-refractivity contribution in [2.24, 2.45) is 5.92 Å². The fraction of sp³-hybridized carbons (Fsp3) is 0.556. The summed E-state index contributed by atoms with van der Waals surface area (Å²) in [5.41, 5.74) is 2.05. The van der Waals surface area contributed by atoms with Crippen LogP contribution in [-0.2, 0) is 6.54 Å². The number of likely N-dealkylation sites (N-methyl/N-ethyl adjacent to an activating group) is 1. The van der Waals surface area contributed by atoms with E-state index in [1.54, 1.807) is 11.3 Å². The Kier molecular flexibility index (Phi) is 7.15. The first-order valence-electron chi connectivity index (χ1n) is 8.38. The van der Waals surface area contributed by atoms with Crippen LogP contribution < -0.4 is 5.32 Å². The normalized spacial score (nSPS) is 13.0. The fourth-order valence-corrected chi connectivity index (χ4v) is 3.74. The van der Waals surface area contributed by atoms with Crippen LogP contribution in [-0.4, -0.2) is 41.5 Å². The van der Waals surface area contributed by atoms with Crippen LogP contribution in [0, 0.1) is 5.92 Å². The lowest BCUT2D eigenvalue weighted by Gasteiger charge is -2.31. The second kappa shape index (κ2) is 9.11. The van der Waals surface area contributed by atoms with E-state index in [1.807, 2.05) is 24.4 Å². The van der Waals surface area contributed by atoms with Crippen molar-refractivity contribution in [1.82, 2.24) is 20.2 Å². The summed E-state index contributed by atoms with van der Waals surface area (Å²) < 4.78 is 0. The minimum absolute atomic E-state index is 0.568. The average molecular weight is 333 g/mol. The monoisotopic (exact) mass is 332 g/mol. The summed E-state index contributed by atoms with van der Waals surface area (Å²) in [5.74, 6) is 0.733. The Hall–Kier alpha value is -1.30. The van der Waals surface area contributed by atoms with Crippen molar-refractivity contribution in [3.05, 3.63) is 35.5 Å². The molecule has 1 atom stereocenters. The Labute approximate surface area is 144 Å². The molecule has 2 heterocycles. The lowest BCUT2D eigenvalue weighted by Crippen LogP contribution is -2.42. The van der Waals surface area contributed by atoms with Gasteiger partial charge in [0.15, 0.2) is 0 Å². The van der Waals surface area contributed by atoms with Gasteiger partial charge in [-0.2, -0.15) is 0 Å². The quantitative estimate of drug-likeness (QED) is 0.761. The van der Waals surface area contributed by atoms with Crippen LogP contribution >= 0.6 is 11.3 Å². The van der Waals surface area contributed by atoms with Gasteiger partial charge in [0.1, 0.15) is 5.01 Å². The third-order valence-corrected chi connectivity index (χ3v) is 5.27. The highest BCUT2D eigenvalue weighted by molar-refractivity contribution is 7.13. The largest absolute Gasteiger partial charge is 0.310 e. The molecular weight excluding hydrogens is 304 g/mol. The molecule has 1 N–H and O–H groups in total. The van der Waals surface area contributed by atoms with E-state index in [2.05, 4.69) is 53.5 Å². The first-order chi connectivity index (χ1) is 11.2. The minimum atomic E-state index is 0.568. The summed E-state index contributed by atoms with van der Waals surface area (Å²) in [5, 5.41) is 6.70. The third kappa shape index (κ3) is 5.09. The summed E-state index contributed by atoms with van der Waals surface area (Å²) in [6.45, 7) is 6.37. The molecule has 126 valence electrons. The summed E-state index contributed by atoms with van der Waals surface area (Å²) >= 11 is 1.66. The number of hydrogen-bond donors (Lipinski definition) is 1. The topological polar surface area (TPSA) is 41.1 Å². The summed E-state index contributed by atoms with van der Waals surface area (Å²) in [6, 6.07) is 6.50.